The molecule has 0 saturated carbocycles. The molecule has 0 bridgehead atoms. The Hall–Kier alpha value is -2.05. The number of hydrogen-bond acceptors (Lipinski definition) is 6. The van der Waals surface area contributed by atoms with E-state index in [1.165, 1.54) is 16.2 Å². The van der Waals surface area contributed by atoms with Gasteiger partial charge in [0.1, 0.15) is 5.75 Å². The van der Waals surface area contributed by atoms with Gasteiger partial charge in [-0.15, -0.1) is 27.8 Å². The molecule has 0 aliphatic heterocycles. The van der Waals surface area contributed by atoms with Gasteiger partial charge < -0.3 is 4.74 Å². The fourth-order valence-corrected chi connectivity index (χ4v) is 3.08. The van der Waals surface area contributed by atoms with Crippen LogP contribution < -0.4 is 4.74 Å². The summed E-state index contributed by atoms with van der Waals surface area (Å²) >= 11 is 3.17. The zero-order valence-electron chi connectivity index (χ0n) is 11.4. The topological polar surface area (TPSA) is 46.8 Å². The van der Waals surface area contributed by atoms with Gasteiger partial charge in [0.15, 0.2) is 0 Å². The van der Waals surface area contributed by atoms with E-state index < -0.39 is 0 Å². The molecular weight excluding hydrogens is 302 g/mol. The molecule has 0 amide bonds. The van der Waals surface area contributed by atoms with Crippen LogP contribution in [0.4, 0.5) is 5.13 Å². The average molecular weight is 315 g/mol. The fraction of sp³-hybridized carbons (Fsp3) is 0.133. The van der Waals surface area contributed by atoms with Gasteiger partial charge in [-0.3, -0.25) is 0 Å². The Bertz CT molecular complexity index is 735. The van der Waals surface area contributed by atoms with Crippen molar-refractivity contribution in [3.05, 3.63) is 52.0 Å². The summed E-state index contributed by atoms with van der Waals surface area (Å²) in [5, 5.41) is 13.0. The van der Waals surface area contributed by atoms with Crippen LogP contribution in [0.3, 0.4) is 0 Å². The molecule has 0 fully saturated rings. The number of azo groups is 1. The molecule has 0 radical (unpaired) electrons. The highest BCUT2D eigenvalue weighted by Gasteiger charge is 2.05. The lowest BCUT2D eigenvalue weighted by Crippen LogP contribution is -1.83. The Kier molecular flexibility index (Phi) is 4.37. The highest BCUT2D eigenvalue weighted by Crippen LogP contribution is 2.29. The zero-order chi connectivity index (χ0) is 14.5. The summed E-state index contributed by atoms with van der Waals surface area (Å²) in [4.78, 5) is 5.68. The van der Waals surface area contributed by atoms with E-state index in [4.69, 9.17) is 4.74 Å². The third-order valence-corrected chi connectivity index (χ3v) is 4.41. The van der Waals surface area contributed by atoms with Crippen LogP contribution >= 0.6 is 22.7 Å². The van der Waals surface area contributed by atoms with E-state index in [9.17, 15) is 0 Å². The van der Waals surface area contributed by atoms with Gasteiger partial charge >= 0.3 is 0 Å². The van der Waals surface area contributed by atoms with Gasteiger partial charge in [0, 0.05) is 15.8 Å². The molecule has 1 aromatic carbocycles. The van der Waals surface area contributed by atoms with Gasteiger partial charge in [-0.1, -0.05) is 18.2 Å². The first-order valence-corrected chi connectivity index (χ1v) is 8.11. The van der Waals surface area contributed by atoms with E-state index in [1.54, 1.807) is 18.4 Å². The molecule has 21 heavy (non-hydrogen) atoms. The molecule has 0 saturated heterocycles. The summed E-state index contributed by atoms with van der Waals surface area (Å²) in [6, 6.07) is 11.9. The molecule has 0 aliphatic rings. The summed E-state index contributed by atoms with van der Waals surface area (Å²) in [5.41, 5.74) is 1.91. The van der Waals surface area contributed by atoms with Crippen molar-refractivity contribution in [2.75, 3.05) is 7.11 Å². The second kappa shape index (κ2) is 6.60. The van der Waals surface area contributed by atoms with Crippen molar-refractivity contribution in [2.24, 2.45) is 10.2 Å². The maximum absolute atomic E-state index is 5.22. The highest BCUT2D eigenvalue weighted by molar-refractivity contribution is 7.13. The standard InChI is InChI=1S/C15H13N3OS2/c1-19-12-5-2-4-11(8-12)14-10-21-15(17-14)18-16-9-13-6-3-7-20-13/h2-8,10H,9H2,1H3. The number of thiazole rings is 1. The van der Waals surface area contributed by atoms with E-state index in [2.05, 4.69) is 15.2 Å². The Morgan fingerprint density at radius 2 is 2.14 bits per heavy atom. The molecule has 2 heterocycles. The van der Waals surface area contributed by atoms with Crippen molar-refractivity contribution in [2.45, 2.75) is 6.54 Å². The van der Waals surface area contributed by atoms with Crippen LogP contribution in [0.25, 0.3) is 11.3 Å². The van der Waals surface area contributed by atoms with Crippen LogP contribution in [0.5, 0.6) is 5.75 Å². The molecule has 0 N–H and O–H groups in total. The maximum atomic E-state index is 5.22. The van der Waals surface area contributed by atoms with Gasteiger partial charge in [-0.05, 0) is 23.6 Å². The van der Waals surface area contributed by atoms with Crippen LogP contribution in [0.2, 0.25) is 0 Å². The smallest absolute Gasteiger partial charge is 0.230 e. The third kappa shape index (κ3) is 3.53. The van der Waals surface area contributed by atoms with Gasteiger partial charge in [0.2, 0.25) is 5.13 Å². The largest absolute Gasteiger partial charge is 0.497 e. The number of aromatic nitrogens is 1. The predicted octanol–water partition coefficient (Wildman–Crippen LogP) is 5.16. The number of benzene rings is 1. The van der Waals surface area contributed by atoms with Crippen LogP contribution in [0, 0.1) is 0 Å². The van der Waals surface area contributed by atoms with Crippen molar-refractivity contribution in [1.82, 2.24) is 4.98 Å². The maximum Gasteiger partial charge on any atom is 0.230 e. The summed E-state index contributed by atoms with van der Waals surface area (Å²) in [5.74, 6) is 0.821. The van der Waals surface area contributed by atoms with Crippen LogP contribution in [0.15, 0.2) is 57.4 Å². The first-order chi connectivity index (χ1) is 10.3. The molecule has 0 unspecified atom stereocenters. The Balaban J connectivity index is 1.72. The molecule has 4 nitrogen and oxygen atoms in total. The predicted molar refractivity (Wildman–Crippen MR) is 86.6 cm³/mol. The number of hydrogen-bond donors (Lipinski definition) is 0. The second-order valence-electron chi connectivity index (χ2n) is 4.23. The van der Waals surface area contributed by atoms with Gasteiger partial charge in [-0.25, -0.2) is 4.98 Å². The minimum Gasteiger partial charge on any atom is -0.497 e. The molecule has 0 atom stereocenters. The summed E-state index contributed by atoms with van der Waals surface area (Å²) in [7, 11) is 1.66. The van der Waals surface area contributed by atoms with Crippen molar-refractivity contribution < 1.29 is 4.74 Å². The lowest BCUT2D eigenvalue weighted by molar-refractivity contribution is 0.415. The quantitative estimate of drug-likeness (QED) is 0.610. The summed E-state index contributed by atoms with van der Waals surface area (Å²) in [6.07, 6.45) is 0. The molecule has 0 aliphatic carbocycles. The van der Waals surface area contributed by atoms with Crippen LogP contribution in [-0.4, -0.2) is 12.1 Å². The monoisotopic (exact) mass is 315 g/mol. The molecule has 2 aromatic heterocycles. The van der Waals surface area contributed by atoms with Crippen molar-refractivity contribution in [3.63, 3.8) is 0 Å². The lowest BCUT2D eigenvalue weighted by Gasteiger charge is -2.01. The zero-order valence-corrected chi connectivity index (χ0v) is 13.0. The van der Waals surface area contributed by atoms with E-state index in [1.807, 2.05) is 47.2 Å². The molecular formula is C15H13N3OS2. The Morgan fingerprint density at radius 3 is 2.95 bits per heavy atom. The van der Waals surface area contributed by atoms with Gasteiger partial charge in [-0.2, -0.15) is 5.11 Å². The molecule has 3 aromatic rings. The third-order valence-electron chi connectivity index (χ3n) is 2.82. The number of thiophene rings is 1. The minimum absolute atomic E-state index is 0.603. The van der Waals surface area contributed by atoms with E-state index in [-0.39, 0.29) is 0 Å². The van der Waals surface area contributed by atoms with Crippen molar-refractivity contribution in [1.29, 1.82) is 0 Å². The molecule has 3 rings (SSSR count). The number of nitrogens with zero attached hydrogens (tertiary/aromatic N) is 3. The minimum atomic E-state index is 0.603. The Morgan fingerprint density at radius 1 is 1.19 bits per heavy atom. The first-order valence-electron chi connectivity index (χ1n) is 6.35. The SMILES string of the molecule is COc1cccc(-c2csc(N=NCc3cccs3)n2)c1. The second-order valence-corrected chi connectivity index (χ2v) is 6.09. The molecule has 106 valence electrons. The number of methoxy groups -OCH3 is 1. The molecule has 6 heteroatoms. The van der Waals surface area contributed by atoms with Gasteiger partial charge in [0.05, 0.1) is 19.3 Å². The normalized spacial score (nSPS) is 11.1. The van der Waals surface area contributed by atoms with Gasteiger partial charge in [0.25, 0.3) is 0 Å². The fourth-order valence-electron chi connectivity index (χ4n) is 1.79. The number of rotatable bonds is 5. The van der Waals surface area contributed by atoms with Crippen molar-refractivity contribution >= 4 is 27.8 Å². The summed E-state index contributed by atoms with van der Waals surface area (Å²) < 4.78 is 5.22. The van der Waals surface area contributed by atoms with E-state index in [0.29, 0.717) is 11.7 Å². The van der Waals surface area contributed by atoms with E-state index >= 15 is 0 Å². The van der Waals surface area contributed by atoms with Crippen LogP contribution in [-0.2, 0) is 6.54 Å². The van der Waals surface area contributed by atoms with Crippen molar-refractivity contribution in [3.8, 4) is 17.0 Å². The van der Waals surface area contributed by atoms with Crippen LogP contribution in [0.1, 0.15) is 4.88 Å². The average Bonchev–Trinajstić information content (AvgIpc) is 3.19. The van der Waals surface area contributed by atoms with E-state index in [0.717, 1.165) is 17.0 Å². The highest BCUT2D eigenvalue weighted by atomic mass is 32.1. The Labute approximate surface area is 130 Å². The molecule has 0 spiro atoms. The first kappa shape index (κ1) is 13.9. The lowest BCUT2D eigenvalue weighted by atomic mass is 10.2. The number of ether oxygens (including phenoxy) is 1. The summed E-state index contributed by atoms with van der Waals surface area (Å²) in [6.45, 7) is 0.603.